The highest BCUT2D eigenvalue weighted by atomic mass is 35.5. The number of methoxy groups -OCH3 is 1. The first-order chi connectivity index (χ1) is 17.6. The molecule has 10 nitrogen and oxygen atoms in total. The lowest BCUT2D eigenvalue weighted by Gasteiger charge is -2.31. The lowest BCUT2D eigenvalue weighted by molar-refractivity contribution is -0.143. The molecule has 2 aromatic heterocycles. The third-order valence-electron chi connectivity index (χ3n) is 5.75. The van der Waals surface area contributed by atoms with Crippen LogP contribution in [0, 0.1) is 0 Å². The zero-order valence-electron chi connectivity index (χ0n) is 20.0. The lowest BCUT2D eigenvalue weighted by Crippen LogP contribution is -2.47. The van der Waals surface area contributed by atoms with Gasteiger partial charge in [-0.3, -0.25) is 9.59 Å². The van der Waals surface area contributed by atoms with Crippen LogP contribution in [0.1, 0.15) is 36.5 Å². The van der Waals surface area contributed by atoms with E-state index < -0.39 is 33.9 Å². The van der Waals surface area contributed by atoms with Gasteiger partial charge >= 0.3 is 11.9 Å². The minimum Gasteiger partial charge on any atom is -0.465 e. The highest BCUT2D eigenvalue weighted by molar-refractivity contribution is 7.91. The van der Waals surface area contributed by atoms with Gasteiger partial charge in [-0.15, -0.1) is 11.3 Å². The number of hydrogen-bond acceptors (Lipinski definition) is 9. The maximum Gasteiger partial charge on any atom is 0.337 e. The Morgan fingerprint density at radius 3 is 2.62 bits per heavy atom. The number of aromatic nitrogens is 1. The van der Waals surface area contributed by atoms with Gasteiger partial charge in [0.1, 0.15) is 16.8 Å². The van der Waals surface area contributed by atoms with Crippen molar-refractivity contribution in [3.8, 4) is 0 Å². The van der Waals surface area contributed by atoms with Crippen molar-refractivity contribution in [2.75, 3.05) is 20.3 Å². The van der Waals surface area contributed by atoms with Gasteiger partial charge in [-0.1, -0.05) is 29.4 Å². The molecule has 1 aliphatic rings. The van der Waals surface area contributed by atoms with Crippen LogP contribution >= 0.6 is 34.3 Å². The molecule has 3 aromatic rings. The molecule has 0 N–H and O–H groups in total. The van der Waals surface area contributed by atoms with Gasteiger partial charge in [0, 0.05) is 6.54 Å². The fraction of sp³-hybridized carbons (Fsp3) is 0.391. The number of rotatable bonds is 7. The Labute approximate surface area is 226 Å². The summed E-state index contributed by atoms with van der Waals surface area (Å²) < 4.78 is 40.2. The molecule has 3 heterocycles. The van der Waals surface area contributed by atoms with Gasteiger partial charge in [-0.2, -0.15) is 9.30 Å². The van der Waals surface area contributed by atoms with Crippen molar-refractivity contribution >= 4 is 72.4 Å². The molecule has 1 aliphatic heterocycles. The molecule has 4 rings (SSSR count). The van der Waals surface area contributed by atoms with Crippen LogP contribution in [0.15, 0.2) is 39.5 Å². The molecule has 1 aromatic carbocycles. The number of nitrogens with zero attached hydrogens (tertiary/aromatic N) is 3. The Morgan fingerprint density at radius 2 is 1.95 bits per heavy atom. The lowest BCUT2D eigenvalue weighted by atomic mass is 10.0. The van der Waals surface area contributed by atoms with Crippen molar-refractivity contribution in [3.63, 3.8) is 0 Å². The van der Waals surface area contributed by atoms with Gasteiger partial charge in [0.05, 0.1) is 33.8 Å². The van der Waals surface area contributed by atoms with E-state index in [1.54, 1.807) is 25.1 Å². The number of ether oxygens (including phenoxy) is 2. The van der Waals surface area contributed by atoms with Crippen LogP contribution in [0.3, 0.4) is 0 Å². The number of piperidine rings is 1. The van der Waals surface area contributed by atoms with Crippen molar-refractivity contribution in [1.82, 2.24) is 8.87 Å². The van der Waals surface area contributed by atoms with Crippen molar-refractivity contribution in [3.05, 3.63) is 45.0 Å². The van der Waals surface area contributed by atoms with Crippen molar-refractivity contribution in [1.29, 1.82) is 0 Å². The van der Waals surface area contributed by atoms with E-state index in [9.17, 15) is 22.8 Å². The zero-order valence-corrected chi connectivity index (χ0v) is 23.2. The molecule has 0 radical (unpaired) electrons. The average Bonchev–Trinajstić information content (AvgIpc) is 3.47. The molecular weight excluding hydrogens is 562 g/mol. The number of hydrogen-bond donors (Lipinski definition) is 0. The van der Waals surface area contributed by atoms with Gasteiger partial charge in [0.2, 0.25) is 0 Å². The number of carbonyl (C=O) groups is 3. The fourth-order valence-corrected chi connectivity index (χ4v) is 8.39. The molecule has 0 saturated carbocycles. The van der Waals surface area contributed by atoms with E-state index in [1.165, 1.54) is 28.1 Å². The van der Waals surface area contributed by atoms with Gasteiger partial charge in [0.25, 0.3) is 15.9 Å². The van der Waals surface area contributed by atoms with Crippen molar-refractivity contribution < 1.29 is 32.3 Å². The van der Waals surface area contributed by atoms with Gasteiger partial charge in [0.15, 0.2) is 4.80 Å². The summed E-state index contributed by atoms with van der Waals surface area (Å²) in [4.78, 5) is 42.2. The SMILES string of the molecule is CCOC(=O)Cn1c(=NC(=O)C2CCCCN2S(=O)(=O)c2ccc(Cl)s2)sc2cc(C(=O)OC)ccc21. The first kappa shape index (κ1) is 27.5. The Kier molecular flexibility index (Phi) is 8.49. The average molecular weight is 586 g/mol. The fourth-order valence-electron chi connectivity index (χ4n) is 4.05. The Balaban J connectivity index is 1.77. The maximum atomic E-state index is 13.4. The molecule has 37 heavy (non-hydrogen) atoms. The van der Waals surface area contributed by atoms with E-state index in [-0.39, 0.29) is 28.7 Å². The summed E-state index contributed by atoms with van der Waals surface area (Å²) in [6.07, 6.45) is 1.60. The molecule has 198 valence electrons. The minimum absolute atomic E-state index is 0.0618. The van der Waals surface area contributed by atoms with Gasteiger partial charge in [-0.25, -0.2) is 13.2 Å². The highest BCUT2D eigenvalue weighted by Gasteiger charge is 2.38. The monoisotopic (exact) mass is 585 g/mol. The van der Waals surface area contributed by atoms with E-state index in [1.807, 2.05) is 0 Å². The number of fused-ring (bicyclic) bond motifs is 1. The van der Waals surface area contributed by atoms with Crippen molar-refractivity contribution in [2.24, 2.45) is 4.99 Å². The number of halogens is 1. The maximum absolute atomic E-state index is 13.4. The minimum atomic E-state index is -3.95. The quantitative estimate of drug-likeness (QED) is 0.389. The summed E-state index contributed by atoms with van der Waals surface area (Å²) in [7, 11) is -2.68. The standard InChI is InChI=1S/C23H24ClN3O7S3/c1-3-34-19(28)13-26-15-8-7-14(22(30)33-2)12-17(15)35-23(26)25-21(29)16-6-4-5-11-27(16)37(31,32)20-10-9-18(24)36-20/h7-10,12,16H,3-6,11,13H2,1-2H3. The van der Waals surface area contributed by atoms with Crippen LogP contribution in [0.2, 0.25) is 4.34 Å². The Hall–Kier alpha value is -2.58. The topological polar surface area (TPSA) is 124 Å². The normalized spacial score (nSPS) is 17.2. The van der Waals surface area contributed by atoms with Crippen molar-refractivity contribution in [2.45, 2.75) is 43.0 Å². The summed E-state index contributed by atoms with van der Waals surface area (Å²) >= 11 is 7.99. The van der Waals surface area contributed by atoms with E-state index in [4.69, 9.17) is 21.1 Å². The molecule has 0 aliphatic carbocycles. The van der Waals surface area contributed by atoms with E-state index in [0.717, 1.165) is 22.7 Å². The summed E-state index contributed by atoms with van der Waals surface area (Å²) in [5.41, 5.74) is 0.871. The number of esters is 2. The van der Waals surface area contributed by atoms with E-state index in [0.29, 0.717) is 39.4 Å². The number of carbonyl (C=O) groups excluding carboxylic acids is 3. The number of thiazole rings is 1. The molecule has 1 fully saturated rings. The van der Waals surface area contributed by atoms with E-state index in [2.05, 4.69) is 4.99 Å². The summed E-state index contributed by atoms with van der Waals surface area (Å²) in [6.45, 7) is 1.84. The molecular formula is C23H24ClN3O7S3. The third-order valence-corrected chi connectivity index (χ3v) is 10.4. The molecule has 14 heteroatoms. The van der Waals surface area contributed by atoms with Crippen LogP contribution in [0.25, 0.3) is 10.2 Å². The first-order valence-corrected chi connectivity index (χ1v) is 14.8. The molecule has 1 amide bonds. The summed E-state index contributed by atoms with van der Waals surface area (Å²) in [6, 6.07) is 6.71. The van der Waals surface area contributed by atoms with Crippen LogP contribution in [0.5, 0.6) is 0 Å². The highest BCUT2D eigenvalue weighted by Crippen LogP contribution is 2.32. The zero-order chi connectivity index (χ0) is 26.7. The van der Waals surface area contributed by atoms with Crippen LogP contribution in [-0.2, 0) is 35.6 Å². The second-order valence-electron chi connectivity index (χ2n) is 8.09. The smallest absolute Gasteiger partial charge is 0.337 e. The predicted octanol–water partition coefficient (Wildman–Crippen LogP) is 3.44. The summed E-state index contributed by atoms with van der Waals surface area (Å²) in [5, 5.41) is 0. The molecule has 0 spiro atoms. The second-order valence-corrected chi connectivity index (χ2v) is 12.9. The molecule has 1 saturated heterocycles. The Bertz CT molecular complexity index is 1520. The summed E-state index contributed by atoms with van der Waals surface area (Å²) in [5.74, 6) is -1.69. The number of thiophene rings is 1. The number of sulfonamides is 1. The molecule has 0 bridgehead atoms. The Morgan fingerprint density at radius 1 is 1.16 bits per heavy atom. The van der Waals surface area contributed by atoms with Crippen LogP contribution < -0.4 is 4.80 Å². The second kappa shape index (κ2) is 11.4. The number of amides is 1. The van der Waals surface area contributed by atoms with Gasteiger partial charge < -0.3 is 14.0 Å². The largest absolute Gasteiger partial charge is 0.465 e. The number of benzene rings is 1. The molecule has 1 atom stereocenters. The van der Waals surface area contributed by atoms with Crippen LogP contribution in [-0.4, -0.2) is 61.4 Å². The van der Waals surface area contributed by atoms with Gasteiger partial charge in [-0.05, 0) is 50.1 Å². The molecule has 1 unspecified atom stereocenters. The van der Waals surface area contributed by atoms with Crippen LogP contribution in [0.4, 0.5) is 0 Å². The third kappa shape index (κ3) is 5.80. The first-order valence-electron chi connectivity index (χ1n) is 11.4. The van der Waals surface area contributed by atoms with E-state index >= 15 is 0 Å². The predicted molar refractivity (Wildman–Crippen MR) is 139 cm³/mol.